The molecule has 2 amide bonds. The molecule has 0 aliphatic carbocycles. The second-order valence-electron chi connectivity index (χ2n) is 5.39. The molecule has 0 aliphatic rings. The van der Waals surface area contributed by atoms with E-state index in [-0.39, 0.29) is 28.4 Å². The second kappa shape index (κ2) is 6.57. The Labute approximate surface area is 126 Å². The van der Waals surface area contributed by atoms with Gasteiger partial charge in [0.05, 0.1) is 15.6 Å². The van der Waals surface area contributed by atoms with Crippen LogP contribution in [-0.4, -0.2) is 28.0 Å². The van der Waals surface area contributed by atoms with Crippen molar-refractivity contribution in [2.75, 3.05) is 5.75 Å². The molecule has 1 aromatic carbocycles. The van der Waals surface area contributed by atoms with Gasteiger partial charge in [-0.15, -0.1) is 11.8 Å². The van der Waals surface area contributed by atoms with Crippen LogP contribution in [0.5, 0.6) is 0 Å². The largest absolute Gasteiger partial charge is 0.366 e. The molecule has 1 rings (SSSR count). The van der Waals surface area contributed by atoms with Crippen LogP contribution in [0.25, 0.3) is 0 Å². The van der Waals surface area contributed by atoms with Gasteiger partial charge < -0.3 is 11.1 Å². The fraction of sp³-hybridized carbons (Fsp3) is 0.385. The number of hydrogen-bond acceptors (Lipinski definition) is 5. The summed E-state index contributed by atoms with van der Waals surface area (Å²) in [5.41, 5.74) is 4.55. The number of hydrogen-bond donors (Lipinski definition) is 2. The third kappa shape index (κ3) is 5.42. The van der Waals surface area contributed by atoms with E-state index in [1.807, 2.05) is 20.8 Å². The minimum Gasteiger partial charge on any atom is -0.366 e. The van der Waals surface area contributed by atoms with Crippen molar-refractivity contribution in [3.8, 4) is 0 Å². The van der Waals surface area contributed by atoms with Crippen molar-refractivity contribution in [1.82, 2.24) is 5.32 Å². The molecule has 0 bridgehead atoms. The summed E-state index contributed by atoms with van der Waals surface area (Å²) in [5, 5.41) is 13.8. The van der Waals surface area contributed by atoms with Crippen LogP contribution in [-0.2, 0) is 4.79 Å². The summed E-state index contributed by atoms with van der Waals surface area (Å²) >= 11 is 1.04. The summed E-state index contributed by atoms with van der Waals surface area (Å²) in [4.78, 5) is 33.5. The summed E-state index contributed by atoms with van der Waals surface area (Å²) in [7, 11) is 0. The number of rotatable bonds is 5. The van der Waals surface area contributed by atoms with E-state index in [1.165, 1.54) is 12.1 Å². The summed E-state index contributed by atoms with van der Waals surface area (Å²) < 4.78 is 0. The maximum Gasteiger partial charge on any atom is 0.283 e. The number of amides is 2. The van der Waals surface area contributed by atoms with Crippen LogP contribution in [0.2, 0.25) is 0 Å². The van der Waals surface area contributed by atoms with E-state index < -0.39 is 10.8 Å². The fourth-order valence-corrected chi connectivity index (χ4v) is 2.34. The Bertz CT molecular complexity index is 581. The van der Waals surface area contributed by atoms with E-state index in [9.17, 15) is 19.7 Å². The SMILES string of the molecule is CC(C)(C)NC(=O)CSc1ccc(C(N)=O)cc1[N+](=O)[O-]. The summed E-state index contributed by atoms with van der Waals surface area (Å²) in [6.07, 6.45) is 0. The molecule has 0 saturated heterocycles. The van der Waals surface area contributed by atoms with E-state index in [4.69, 9.17) is 5.73 Å². The van der Waals surface area contributed by atoms with Crippen LogP contribution >= 0.6 is 11.8 Å². The van der Waals surface area contributed by atoms with Crippen molar-refractivity contribution in [2.45, 2.75) is 31.2 Å². The van der Waals surface area contributed by atoms with Gasteiger partial charge in [-0.1, -0.05) is 0 Å². The Balaban J connectivity index is 2.86. The van der Waals surface area contributed by atoms with Crippen LogP contribution in [0.15, 0.2) is 23.1 Å². The van der Waals surface area contributed by atoms with Gasteiger partial charge in [0.1, 0.15) is 0 Å². The Morgan fingerprint density at radius 2 is 2.00 bits per heavy atom. The highest BCUT2D eigenvalue weighted by Gasteiger charge is 2.19. The molecule has 3 N–H and O–H groups in total. The lowest BCUT2D eigenvalue weighted by molar-refractivity contribution is -0.387. The van der Waals surface area contributed by atoms with Crippen LogP contribution in [0.3, 0.4) is 0 Å². The normalized spacial score (nSPS) is 11.0. The zero-order valence-electron chi connectivity index (χ0n) is 12.0. The first-order chi connectivity index (χ1) is 9.60. The van der Waals surface area contributed by atoms with Crippen molar-refractivity contribution in [2.24, 2.45) is 5.73 Å². The van der Waals surface area contributed by atoms with Gasteiger partial charge in [0, 0.05) is 17.2 Å². The topological polar surface area (TPSA) is 115 Å². The highest BCUT2D eigenvalue weighted by atomic mass is 32.2. The Kier molecular flexibility index (Phi) is 5.31. The lowest BCUT2D eigenvalue weighted by Gasteiger charge is -2.20. The third-order valence-electron chi connectivity index (χ3n) is 2.31. The molecule has 0 aliphatic heterocycles. The summed E-state index contributed by atoms with van der Waals surface area (Å²) in [6.45, 7) is 5.54. The lowest BCUT2D eigenvalue weighted by Crippen LogP contribution is -2.41. The second-order valence-corrected chi connectivity index (χ2v) is 6.41. The van der Waals surface area contributed by atoms with Gasteiger partial charge >= 0.3 is 0 Å². The highest BCUT2D eigenvalue weighted by Crippen LogP contribution is 2.30. The highest BCUT2D eigenvalue weighted by molar-refractivity contribution is 8.00. The lowest BCUT2D eigenvalue weighted by atomic mass is 10.1. The molecule has 114 valence electrons. The number of thioether (sulfide) groups is 1. The van der Waals surface area contributed by atoms with E-state index in [1.54, 1.807) is 0 Å². The van der Waals surface area contributed by atoms with Crippen molar-refractivity contribution in [3.05, 3.63) is 33.9 Å². The molecule has 0 unspecified atom stereocenters. The van der Waals surface area contributed by atoms with Crippen molar-refractivity contribution >= 4 is 29.3 Å². The molecular weight excluding hydrogens is 294 g/mol. The minimum absolute atomic E-state index is 0.0496. The molecule has 8 heteroatoms. The number of carbonyl (C=O) groups excluding carboxylic acids is 2. The first-order valence-corrected chi connectivity index (χ1v) is 7.11. The molecule has 0 spiro atoms. The van der Waals surface area contributed by atoms with Crippen molar-refractivity contribution < 1.29 is 14.5 Å². The summed E-state index contributed by atoms with van der Waals surface area (Å²) in [5.74, 6) is -0.908. The fourth-order valence-electron chi connectivity index (χ4n) is 1.53. The number of benzene rings is 1. The smallest absolute Gasteiger partial charge is 0.283 e. The molecule has 0 radical (unpaired) electrons. The maximum absolute atomic E-state index is 11.7. The van der Waals surface area contributed by atoms with Crippen molar-refractivity contribution in [3.63, 3.8) is 0 Å². The number of nitro benzene ring substituents is 1. The Morgan fingerprint density at radius 1 is 1.38 bits per heavy atom. The van der Waals surface area contributed by atoms with Crippen LogP contribution in [0.1, 0.15) is 31.1 Å². The quantitative estimate of drug-likeness (QED) is 0.488. The number of nitrogens with one attached hydrogen (secondary N) is 1. The number of carbonyl (C=O) groups is 2. The van der Waals surface area contributed by atoms with Crippen LogP contribution in [0.4, 0.5) is 5.69 Å². The average molecular weight is 311 g/mol. The molecule has 1 aromatic rings. The predicted octanol–water partition coefficient (Wildman–Crippen LogP) is 1.70. The van der Waals surface area contributed by atoms with Gasteiger partial charge in [-0.05, 0) is 32.9 Å². The van der Waals surface area contributed by atoms with Gasteiger partial charge in [0.25, 0.3) is 5.69 Å². The van der Waals surface area contributed by atoms with Gasteiger partial charge in [0.2, 0.25) is 11.8 Å². The van der Waals surface area contributed by atoms with Crippen LogP contribution < -0.4 is 11.1 Å². The molecule has 0 saturated carbocycles. The van der Waals surface area contributed by atoms with Crippen LogP contribution in [0, 0.1) is 10.1 Å². The zero-order valence-corrected chi connectivity index (χ0v) is 12.8. The molecule has 0 aromatic heterocycles. The number of primary amides is 1. The number of nitrogens with two attached hydrogens (primary N) is 1. The van der Waals surface area contributed by atoms with Gasteiger partial charge in [-0.2, -0.15) is 0 Å². The van der Waals surface area contributed by atoms with Gasteiger partial charge in [-0.3, -0.25) is 19.7 Å². The zero-order chi connectivity index (χ0) is 16.2. The molecule has 0 atom stereocenters. The molecule has 0 fully saturated rings. The predicted molar refractivity (Wildman–Crippen MR) is 80.2 cm³/mol. The van der Waals surface area contributed by atoms with Gasteiger partial charge in [-0.25, -0.2) is 0 Å². The first-order valence-electron chi connectivity index (χ1n) is 6.12. The Morgan fingerprint density at radius 3 is 2.48 bits per heavy atom. The molecule has 7 nitrogen and oxygen atoms in total. The average Bonchev–Trinajstić information content (AvgIpc) is 2.33. The van der Waals surface area contributed by atoms with E-state index >= 15 is 0 Å². The molecule has 21 heavy (non-hydrogen) atoms. The molecular formula is C13H17N3O4S. The van der Waals surface area contributed by atoms with Gasteiger partial charge in [0.15, 0.2) is 0 Å². The molecule has 0 heterocycles. The number of nitro groups is 1. The van der Waals surface area contributed by atoms with E-state index in [2.05, 4.69) is 5.32 Å². The first kappa shape index (κ1) is 17.0. The minimum atomic E-state index is -0.736. The number of nitrogens with zero attached hydrogens (tertiary/aromatic N) is 1. The monoisotopic (exact) mass is 311 g/mol. The Hall–Kier alpha value is -2.09. The van der Waals surface area contributed by atoms with E-state index in [0.29, 0.717) is 4.90 Å². The van der Waals surface area contributed by atoms with E-state index in [0.717, 1.165) is 17.8 Å². The maximum atomic E-state index is 11.7. The standard InChI is InChI=1S/C13H17N3O4S/c1-13(2,3)15-11(17)7-21-10-5-4-8(12(14)18)6-9(10)16(19)20/h4-6H,7H2,1-3H3,(H2,14,18)(H,15,17). The summed E-state index contributed by atoms with van der Waals surface area (Å²) in [6, 6.07) is 3.94. The third-order valence-corrected chi connectivity index (χ3v) is 3.38. The van der Waals surface area contributed by atoms with Crippen molar-refractivity contribution in [1.29, 1.82) is 0 Å².